The first-order chi connectivity index (χ1) is 21.7. The molecule has 5 N–H and O–H groups in total. The van der Waals surface area contributed by atoms with Gasteiger partial charge in [0.25, 0.3) is 5.95 Å². The first-order valence-electron chi connectivity index (χ1n) is 13.3. The van der Waals surface area contributed by atoms with Crippen LogP contribution in [0.15, 0.2) is 59.7 Å². The maximum Gasteiger partial charge on any atom is 0.491 e. The highest BCUT2D eigenvalue weighted by Gasteiger charge is 2.44. The molecule has 2 aromatic heterocycles. The lowest BCUT2D eigenvalue weighted by molar-refractivity contribution is -0.218. The average molecular weight is 646 g/mol. The van der Waals surface area contributed by atoms with E-state index >= 15 is 4.39 Å². The summed E-state index contributed by atoms with van der Waals surface area (Å²) in [7, 11) is 2.34. The molecule has 0 bridgehead atoms. The van der Waals surface area contributed by atoms with Gasteiger partial charge in [0.15, 0.2) is 17.4 Å². The second-order valence-electron chi connectivity index (χ2n) is 9.78. The van der Waals surface area contributed by atoms with Gasteiger partial charge < -0.3 is 25.4 Å². The molecule has 46 heavy (non-hydrogen) atoms. The highest BCUT2D eigenvalue weighted by molar-refractivity contribution is 5.95. The number of carbonyl (C=O) groups excluding carboxylic acids is 2. The Labute approximate surface area is 257 Å². The third-order valence-electron chi connectivity index (χ3n) is 6.33. The Hall–Kier alpha value is -5.81. The second-order valence-corrected chi connectivity index (χ2v) is 9.78. The fourth-order valence-electron chi connectivity index (χ4n) is 4.01. The number of amides is 1. The first kappa shape index (κ1) is 33.1. The Bertz CT molecular complexity index is 1790. The summed E-state index contributed by atoms with van der Waals surface area (Å²) in [5.41, 5.74) is 5.66. The van der Waals surface area contributed by atoms with Crippen molar-refractivity contribution in [2.75, 3.05) is 19.4 Å². The lowest BCUT2D eigenvalue weighted by atomic mass is 10.00. The zero-order valence-electron chi connectivity index (χ0n) is 24.4. The summed E-state index contributed by atoms with van der Waals surface area (Å²) in [5.74, 6) is -6.28. The number of nitrogen functional groups attached to an aromatic ring is 1. The number of aromatic nitrogens is 5. The van der Waals surface area contributed by atoms with E-state index in [9.17, 15) is 27.6 Å². The van der Waals surface area contributed by atoms with Gasteiger partial charge in [-0.3, -0.25) is 15.2 Å². The van der Waals surface area contributed by atoms with Crippen LogP contribution in [0, 0.1) is 11.2 Å². The van der Waals surface area contributed by atoms with Crippen molar-refractivity contribution >= 4 is 23.4 Å². The monoisotopic (exact) mass is 645 g/mol. The van der Waals surface area contributed by atoms with Gasteiger partial charge in [-0.15, -0.1) is 9.78 Å². The number of carbonyl (C=O) groups is 2. The molecule has 0 aliphatic heterocycles. The molecule has 4 rings (SSSR count). The summed E-state index contributed by atoms with van der Waals surface area (Å²) in [6.45, 7) is 1.69. The van der Waals surface area contributed by atoms with Gasteiger partial charge in [0.2, 0.25) is 0 Å². The molecule has 242 valence electrons. The molecule has 1 amide bonds. The number of likely N-dealkylation sites (N-methyl/N-ethyl adjacent to an activating group) is 1. The number of H-pyrrole nitrogens is 1. The van der Waals surface area contributed by atoms with Gasteiger partial charge in [-0.2, -0.15) is 13.2 Å². The van der Waals surface area contributed by atoms with Crippen LogP contribution >= 0.6 is 0 Å². The highest BCUT2D eigenvalue weighted by Crippen LogP contribution is 2.34. The lowest BCUT2D eigenvalue weighted by Gasteiger charge is -2.24. The zero-order valence-corrected chi connectivity index (χ0v) is 24.4. The summed E-state index contributed by atoms with van der Waals surface area (Å²) < 4.78 is 65.8. The number of alkyl halides is 3. The van der Waals surface area contributed by atoms with Gasteiger partial charge in [0.1, 0.15) is 11.9 Å². The van der Waals surface area contributed by atoms with Crippen LogP contribution in [0.4, 0.5) is 23.2 Å². The number of benzene rings is 2. The maximum atomic E-state index is 16.4. The molecule has 0 saturated heterocycles. The number of aryl methyl sites for hydroxylation is 1. The van der Waals surface area contributed by atoms with Gasteiger partial charge in [-0.05, 0) is 48.4 Å². The van der Waals surface area contributed by atoms with E-state index < -0.39 is 47.6 Å². The van der Waals surface area contributed by atoms with Gasteiger partial charge in [-0.25, -0.2) is 23.9 Å². The van der Waals surface area contributed by atoms with Crippen LogP contribution in [0.1, 0.15) is 35.5 Å². The number of ether oxygens (including phenoxy) is 2. The van der Waals surface area contributed by atoms with Crippen molar-refractivity contribution in [3.8, 4) is 11.7 Å². The number of hydrogen-bond donors (Lipinski definition) is 4. The van der Waals surface area contributed by atoms with Crippen molar-refractivity contribution in [2.45, 2.75) is 31.9 Å². The summed E-state index contributed by atoms with van der Waals surface area (Å²) in [6.07, 6.45) is -4.97. The predicted molar refractivity (Wildman–Crippen MR) is 154 cm³/mol. The molecule has 0 aliphatic rings. The summed E-state index contributed by atoms with van der Waals surface area (Å²) in [4.78, 5) is 48.5. The minimum absolute atomic E-state index is 0.0946. The maximum absolute atomic E-state index is 16.4. The van der Waals surface area contributed by atoms with E-state index in [1.165, 1.54) is 62.9 Å². The van der Waals surface area contributed by atoms with E-state index in [0.717, 1.165) is 15.6 Å². The standard InChI is InChI=1S/C28H27F4N9O5/c1-4-14-12-17(19(29)18(13-14)45-24(23(42)40(2)3)46-25(43)28(30,31)32)20(37-16-8-6-15(7-9-16)21(33)34)22-38-27(44)41(39-22)26-35-10-5-11-36-26/h5-13,20,24,37H,4H2,1-3H3,(H3,33,34)(H,38,39,44). The van der Waals surface area contributed by atoms with Crippen LogP contribution in [0.5, 0.6) is 5.75 Å². The predicted octanol–water partition coefficient (Wildman–Crippen LogP) is 2.44. The number of hydrogen-bond acceptors (Lipinski definition) is 10. The largest absolute Gasteiger partial charge is 0.491 e. The lowest BCUT2D eigenvalue weighted by Crippen LogP contribution is -2.43. The Morgan fingerprint density at radius 1 is 1.15 bits per heavy atom. The Morgan fingerprint density at radius 3 is 2.37 bits per heavy atom. The van der Waals surface area contributed by atoms with Gasteiger partial charge >= 0.3 is 30.0 Å². The molecule has 14 nitrogen and oxygen atoms in total. The molecule has 0 spiro atoms. The number of aromatic amines is 1. The molecule has 0 radical (unpaired) electrons. The molecule has 0 aliphatic carbocycles. The molecule has 2 aromatic carbocycles. The van der Waals surface area contributed by atoms with Crippen LogP contribution in [-0.2, 0) is 20.7 Å². The molecule has 2 unspecified atom stereocenters. The van der Waals surface area contributed by atoms with Crippen LogP contribution in [-0.4, -0.2) is 73.9 Å². The molecule has 2 atom stereocenters. The third-order valence-corrected chi connectivity index (χ3v) is 6.33. The van der Waals surface area contributed by atoms with Crippen LogP contribution in [0.25, 0.3) is 5.95 Å². The van der Waals surface area contributed by atoms with Crippen molar-refractivity contribution in [1.82, 2.24) is 29.6 Å². The van der Waals surface area contributed by atoms with Crippen molar-refractivity contribution in [1.29, 1.82) is 5.41 Å². The Balaban J connectivity index is 1.85. The van der Waals surface area contributed by atoms with Crippen molar-refractivity contribution in [3.63, 3.8) is 0 Å². The normalized spacial score (nSPS) is 12.6. The molecule has 0 saturated carbocycles. The van der Waals surface area contributed by atoms with Crippen molar-refractivity contribution in [3.05, 3.63) is 93.7 Å². The molecule has 2 heterocycles. The van der Waals surface area contributed by atoms with E-state index in [1.807, 2.05) is 0 Å². The number of esters is 1. The van der Waals surface area contributed by atoms with E-state index in [4.69, 9.17) is 15.9 Å². The summed E-state index contributed by atoms with van der Waals surface area (Å²) in [6, 6.07) is 8.82. The van der Waals surface area contributed by atoms with Gasteiger partial charge in [0.05, 0.1) is 0 Å². The fraction of sp³-hybridized carbons (Fsp3) is 0.250. The number of nitrogens with two attached hydrogens (primary N) is 1. The minimum Gasteiger partial charge on any atom is -0.443 e. The van der Waals surface area contributed by atoms with E-state index in [-0.39, 0.29) is 29.6 Å². The molecule has 0 fully saturated rings. The number of anilines is 1. The molecule has 18 heteroatoms. The summed E-state index contributed by atoms with van der Waals surface area (Å²) in [5, 5.41) is 14.9. The smallest absolute Gasteiger partial charge is 0.443 e. The van der Waals surface area contributed by atoms with E-state index in [1.54, 1.807) is 6.92 Å². The molecule has 4 aromatic rings. The first-order valence-corrected chi connectivity index (χ1v) is 13.3. The zero-order chi connectivity index (χ0) is 33.8. The van der Waals surface area contributed by atoms with Crippen LogP contribution in [0.3, 0.4) is 0 Å². The Kier molecular flexibility index (Phi) is 9.68. The average Bonchev–Trinajstić information content (AvgIpc) is 3.41. The van der Waals surface area contributed by atoms with Crippen molar-refractivity contribution in [2.24, 2.45) is 5.73 Å². The number of nitrogens with zero attached hydrogens (tertiary/aromatic N) is 5. The quantitative estimate of drug-likeness (QED) is 0.0619. The van der Waals surface area contributed by atoms with E-state index in [2.05, 4.69) is 30.1 Å². The van der Waals surface area contributed by atoms with Crippen molar-refractivity contribution < 1.29 is 36.6 Å². The topological polar surface area (TPSA) is 194 Å². The number of nitrogens with one attached hydrogen (secondary N) is 3. The number of halogens is 4. The van der Waals surface area contributed by atoms with E-state index in [0.29, 0.717) is 16.8 Å². The minimum atomic E-state index is -5.47. The number of amidine groups is 1. The van der Waals surface area contributed by atoms with Crippen LogP contribution in [0.2, 0.25) is 0 Å². The molecular formula is C28H27F4N9O5. The molecular weight excluding hydrogens is 618 g/mol. The second kappa shape index (κ2) is 13.4. The SMILES string of the molecule is CCc1cc(OC(OC(=O)C(F)(F)F)C(=O)N(C)C)c(F)c(C(Nc2ccc(C(=N)N)cc2)c2nn(-c3ncccn3)c(=O)[nH]2)c1. The van der Waals surface area contributed by atoms with Gasteiger partial charge in [-0.1, -0.05) is 13.0 Å². The van der Waals surface area contributed by atoms with Crippen LogP contribution < -0.4 is 21.5 Å². The third kappa shape index (κ3) is 7.45. The Morgan fingerprint density at radius 2 is 1.80 bits per heavy atom. The highest BCUT2D eigenvalue weighted by atomic mass is 19.4. The van der Waals surface area contributed by atoms with Gasteiger partial charge in [0, 0.05) is 43.3 Å². The fourth-order valence-corrected chi connectivity index (χ4v) is 4.01. The number of rotatable bonds is 11. The summed E-state index contributed by atoms with van der Waals surface area (Å²) >= 11 is 0.